The van der Waals surface area contributed by atoms with Gasteiger partial charge in [-0.25, -0.2) is 0 Å². The highest BCUT2D eigenvalue weighted by Crippen LogP contribution is 2.12. The monoisotopic (exact) mass is 257 g/mol. The van der Waals surface area contributed by atoms with E-state index in [-0.39, 0.29) is 0 Å². The number of hydrogen-bond acceptors (Lipinski definition) is 3. The topological polar surface area (TPSA) is 37.3 Å². The number of guanidine groups is 1. The maximum Gasteiger partial charge on any atom is 0.195 e. The van der Waals surface area contributed by atoms with Crippen molar-refractivity contribution >= 4 is 5.96 Å². The van der Waals surface area contributed by atoms with Gasteiger partial charge in [0.05, 0.1) is 13.2 Å². The van der Waals surface area contributed by atoms with Crippen molar-refractivity contribution in [1.82, 2.24) is 9.80 Å². The second kappa shape index (κ2) is 8.32. The summed E-state index contributed by atoms with van der Waals surface area (Å²) in [6.45, 7) is 4.19. The molecule has 0 radical (unpaired) electrons. The van der Waals surface area contributed by atoms with Crippen molar-refractivity contribution in [2.24, 2.45) is 10.9 Å². The minimum atomic E-state index is 0.604. The predicted octanol–water partition coefficient (Wildman–Crippen LogP) is 0.909. The van der Waals surface area contributed by atoms with E-state index in [1.54, 1.807) is 0 Å². The number of nitrogens with zero attached hydrogens (tertiary/aromatic N) is 3. The second-order valence-electron chi connectivity index (χ2n) is 5.13. The van der Waals surface area contributed by atoms with Gasteiger partial charge in [-0.15, -0.1) is 0 Å². The van der Waals surface area contributed by atoms with Gasteiger partial charge in [-0.1, -0.05) is 0 Å². The van der Waals surface area contributed by atoms with E-state index in [9.17, 15) is 0 Å². The van der Waals surface area contributed by atoms with Crippen molar-refractivity contribution in [2.75, 3.05) is 61.2 Å². The van der Waals surface area contributed by atoms with Crippen molar-refractivity contribution in [2.45, 2.75) is 12.8 Å². The smallest absolute Gasteiger partial charge is 0.195 e. The van der Waals surface area contributed by atoms with Gasteiger partial charge >= 0.3 is 0 Å². The number of aliphatic imine (C=N–C) groups is 1. The lowest BCUT2D eigenvalue weighted by atomic mass is 10.1. The van der Waals surface area contributed by atoms with Crippen LogP contribution < -0.4 is 0 Å². The molecular weight excluding hydrogens is 230 g/mol. The van der Waals surface area contributed by atoms with Crippen LogP contribution in [-0.4, -0.2) is 76.9 Å². The summed E-state index contributed by atoms with van der Waals surface area (Å²) in [5.41, 5.74) is 0. The fraction of sp³-hybridized carbons (Fsp3) is 0.923. The first-order valence-electron chi connectivity index (χ1n) is 6.66. The van der Waals surface area contributed by atoms with Crippen LogP contribution in [0.4, 0.5) is 0 Å². The molecule has 5 heteroatoms. The highest BCUT2D eigenvalue weighted by atomic mass is 16.5. The van der Waals surface area contributed by atoms with Crippen LogP contribution in [0.5, 0.6) is 0 Å². The lowest BCUT2D eigenvalue weighted by Crippen LogP contribution is -2.35. The molecule has 1 fully saturated rings. The molecule has 0 aromatic rings. The summed E-state index contributed by atoms with van der Waals surface area (Å²) in [5, 5.41) is 0. The summed E-state index contributed by atoms with van der Waals surface area (Å²) >= 11 is 0. The first-order valence-corrected chi connectivity index (χ1v) is 6.66. The standard InChI is InChI=1S/C13H27N3O2/c1-15(2)13(16(3)4)14-7-5-8-17-10-12-6-9-18-11-12/h12H,5-11H2,1-4H3. The van der Waals surface area contributed by atoms with Gasteiger partial charge in [0.1, 0.15) is 0 Å². The van der Waals surface area contributed by atoms with Gasteiger partial charge in [0.2, 0.25) is 0 Å². The van der Waals surface area contributed by atoms with Crippen molar-refractivity contribution in [1.29, 1.82) is 0 Å². The van der Waals surface area contributed by atoms with Crippen LogP contribution in [0.1, 0.15) is 12.8 Å². The van der Waals surface area contributed by atoms with Crippen LogP contribution in [0.2, 0.25) is 0 Å². The van der Waals surface area contributed by atoms with E-state index in [0.717, 1.165) is 51.8 Å². The Labute approximate surface area is 111 Å². The number of rotatable bonds is 6. The molecule has 1 unspecified atom stereocenters. The van der Waals surface area contributed by atoms with E-state index in [0.29, 0.717) is 5.92 Å². The van der Waals surface area contributed by atoms with Crippen LogP contribution in [0.3, 0.4) is 0 Å². The Balaban J connectivity index is 2.07. The van der Waals surface area contributed by atoms with E-state index in [1.165, 1.54) is 0 Å². The zero-order chi connectivity index (χ0) is 13.4. The highest BCUT2D eigenvalue weighted by Gasteiger charge is 2.15. The van der Waals surface area contributed by atoms with Gasteiger partial charge in [0, 0.05) is 53.9 Å². The summed E-state index contributed by atoms with van der Waals surface area (Å²) in [7, 11) is 8.04. The molecule has 18 heavy (non-hydrogen) atoms. The third kappa shape index (κ3) is 5.69. The molecule has 1 aliphatic rings. The maximum absolute atomic E-state index is 5.64. The fourth-order valence-electron chi connectivity index (χ4n) is 1.99. The van der Waals surface area contributed by atoms with Crippen molar-refractivity contribution in [3.05, 3.63) is 0 Å². The molecule has 0 N–H and O–H groups in total. The Hall–Kier alpha value is -0.810. The van der Waals surface area contributed by atoms with Gasteiger partial charge in [-0.2, -0.15) is 0 Å². The van der Waals surface area contributed by atoms with E-state index in [2.05, 4.69) is 4.99 Å². The average molecular weight is 257 g/mol. The Kier molecular flexibility index (Phi) is 7.05. The first-order chi connectivity index (χ1) is 8.61. The molecule has 0 aliphatic carbocycles. The van der Waals surface area contributed by atoms with Gasteiger partial charge in [-0.05, 0) is 12.8 Å². The minimum Gasteiger partial charge on any atom is -0.381 e. The molecule has 0 aromatic heterocycles. The molecule has 1 rings (SSSR count). The van der Waals surface area contributed by atoms with Crippen molar-refractivity contribution in [3.8, 4) is 0 Å². The van der Waals surface area contributed by atoms with Gasteiger partial charge in [0.15, 0.2) is 5.96 Å². The highest BCUT2D eigenvalue weighted by molar-refractivity contribution is 5.79. The van der Waals surface area contributed by atoms with Crippen molar-refractivity contribution < 1.29 is 9.47 Å². The Morgan fingerprint density at radius 1 is 1.28 bits per heavy atom. The Bertz CT molecular complexity index is 239. The lowest BCUT2D eigenvalue weighted by molar-refractivity contribution is 0.0892. The normalized spacial score (nSPS) is 18.8. The largest absolute Gasteiger partial charge is 0.381 e. The minimum absolute atomic E-state index is 0.604. The van der Waals surface area contributed by atoms with Crippen LogP contribution in [0.15, 0.2) is 4.99 Å². The second-order valence-corrected chi connectivity index (χ2v) is 5.13. The van der Waals surface area contributed by atoms with Crippen molar-refractivity contribution in [3.63, 3.8) is 0 Å². The summed E-state index contributed by atoms with van der Waals surface area (Å²) in [6, 6.07) is 0. The third-order valence-corrected chi connectivity index (χ3v) is 2.88. The Morgan fingerprint density at radius 2 is 2.00 bits per heavy atom. The molecule has 5 nitrogen and oxygen atoms in total. The molecule has 1 atom stereocenters. The molecule has 0 amide bonds. The molecule has 0 saturated carbocycles. The zero-order valence-corrected chi connectivity index (χ0v) is 12.2. The van der Waals surface area contributed by atoms with Crippen LogP contribution in [-0.2, 0) is 9.47 Å². The lowest BCUT2D eigenvalue weighted by Gasteiger charge is -2.22. The SMILES string of the molecule is CN(C)C(=NCCCOCC1CCOC1)N(C)C. The van der Waals surface area contributed by atoms with E-state index >= 15 is 0 Å². The molecule has 1 heterocycles. The third-order valence-electron chi connectivity index (χ3n) is 2.88. The van der Waals surface area contributed by atoms with Gasteiger partial charge < -0.3 is 19.3 Å². The molecule has 1 saturated heterocycles. The fourth-order valence-corrected chi connectivity index (χ4v) is 1.99. The molecule has 1 aliphatic heterocycles. The number of ether oxygens (including phenoxy) is 2. The quantitative estimate of drug-likeness (QED) is 0.403. The molecule has 106 valence electrons. The van der Waals surface area contributed by atoms with Gasteiger partial charge in [-0.3, -0.25) is 4.99 Å². The molecule has 0 spiro atoms. The molecular formula is C13H27N3O2. The summed E-state index contributed by atoms with van der Waals surface area (Å²) < 4.78 is 11.0. The molecule has 0 aromatic carbocycles. The van der Waals surface area contributed by atoms with E-state index in [1.807, 2.05) is 38.0 Å². The van der Waals surface area contributed by atoms with Crippen LogP contribution in [0.25, 0.3) is 0 Å². The predicted molar refractivity (Wildman–Crippen MR) is 74.0 cm³/mol. The summed E-state index contributed by atoms with van der Waals surface area (Å²) in [6.07, 6.45) is 2.11. The first kappa shape index (κ1) is 15.2. The number of hydrogen-bond donors (Lipinski definition) is 0. The van der Waals surface area contributed by atoms with Gasteiger partial charge in [0.25, 0.3) is 0 Å². The van der Waals surface area contributed by atoms with E-state index in [4.69, 9.17) is 9.47 Å². The molecule has 0 bridgehead atoms. The average Bonchev–Trinajstić information content (AvgIpc) is 2.79. The maximum atomic E-state index is 5.64. The summed E-state index contributed by atoms with van der Waals surface area (Å²) in [5.74, 6) is 1.60. The Morgan fingerprint density at radius 3 is 2.56 bits per heavy atom. The van der Waals surface area contributed by atoms with E-state index < -0.39 is 0 Å². The van der Waals surface area contributed by atoms with Crippen LogP contribution in [0, 0.1) is 5.92 Å². The van der Waals surface area contributed by atoms with Crippen LogP contribution >= 0.6 is 0 Å². The summed E-state index contributed by atoms with van der Waals surface area (Å²) in [4.78, 5) is 8.60. The zero-order valence-electron chi connectivity index (χ0n) is 12.2.